The summed E-state index contributed by atoms with van der Waals surface area (Å²) >= 11 is 0. The number of halogens is 4. The van der Waals surface area contributed by atoms with Gasteiger partial charge >= 0.3 is 21.3 Å². The number of alkyl halides is 3. The van der Waals surface area contributed by atoms with Gasteiger partial charge in [-0.05, 0) is 29.3 Å². The highest BCUT2D eigenvalue weighted by molar-refractivity contribution is 7.88. The number of hydrogen-bond acceptors (Lipinski definition) is 5. The van der Waals surface area contributed by atoms with Gasteiger partial charge in [-0.25, -0.2) is 4.39 Å². The van der Waals surface area contributed by atoms with E-state index in [1.54, 1.807) is 0 Å². The van der Waals surface area contributed by atoms with E-state index in [9.17, 15) is 36.1 Å². The van der Waals surface area contributed by atoms with Crippen LogP contribution >= 0.6 is 0 Å². The molecule has 0 heterocycles. The van der Waals surface area contributed by atoms with Crippen LogP contribution in [0.1, 0.15) is 0 Å². The van der Waals surface area contributed by atoms with Crippen LogP contribution in [0.15, 0.2) is 42.5 Å². The van der Waals surface area contributed by atoms with Gasteiger partial charge in [0.25, 0.3) is 0 Å². The minimum absolute atomic E-state index is 0.165. The Bertz CT molecular complexity index is 878. The van der Waals surface area contributed by atoms with Gasteiger partial charge in [0, 0.05) is 6.07 Å². The smallest absolute Gasteiger partial charge is 0.369 e. The van der Waals surface area contributed by atoms with Crippen molar-refractivity contribution in [3.8, 4) is 16.9 Å². The molecule has 0 saturated carbocycles. The topological polar surface area (TPSA) is 86.5 Å². The van der Waals surface area contributed by atoms with Gasteiger partial charge in [0.05, 0.1) is 4.92 Å². The first kappa shape index (κ1) is 17.7. The van der Waals surface area contributed by atoms with E-state index >= 15 is 0 Å². The molecule has 0 aromatic heterocycles. The van der Waals surface area contributed by atoms with E-state index in [0.29, 0.717) is 5.56 Å². The third kappa shape index (κ3) is 3.62. The number of hydrogen-bond donors (Lipinski definition) is 0. The van der Waals surface area contributed by atoms with Gasteiger partial charge in [-0.1, -0.05) is 18.2 Å². The monoisotopic (exact) mass is 365 g/mol. The summed E-state index contributed by atoms with van der Waals surface area (Å²) in [5.41, 5.74) is -6.20. The van der Waals surface area contributed by atoms with Gasteiger partial charge in [-0.3, -0.25) is 10.1 Å². The molecule has 0 bridgehead atoms. The SMILES string of the molecule is O=[N+]([O-])c1cc(-c2ccc(F)cc2)ccc1OS(=O)(=O)C(F)(F)F. The molecule has 0 aliphatic heterocycles. The Balaban J connectivity index is 2.48. The zero-order valence-corrected chi connectivity index (χ0v) is 12.3. The Kier molecular flexibility index (Phi) is 4.47. The summed E-state index contributed by atoms with van der Waals surface area (Å²) in [5.74, 6) is -1.63. The van der Waals surface area contributed by atoms with Crippen molar-refractivity contribution < 1.29 is 35.1 Å². The second-order valence-electron chi connectivity index (χ2n) is 4.43. The molecule has 24 heavy (non-hydrogen) atoms. The van der Waals surface area contributed by atoms with E-state index in [4.69, 9.17) is 0 Å². The highest BCUT2D eigenvalue weighted by atomic mass is 32.2. The van der Waals surface area contributed by atoms with Crippen molar-refractivity contribution >= 4 is 15.8 Å². The van der Waals surface area contributed by atoms with Crippen molar-refractivity contribution in [3.05, 3.63) is 58.4 Å². The summed E-state index contributed by atoms with van der Waals surface area (Å²) in [6, 6.07) is 7.41. The van der Waals surface area contributed by atoms with Gasteiger partial charge in [0.15, 0.2) is 0 Å². The molecule has 0 unspecified atom stereocenters. The Hall–Kier alpha value is -2.69. The molecule has 2 aromatic carbocycles. The summed E-state index contributed by atoms with van der Waals surface area (Å²) < 4.78 is 75.6. The average molecular weight is 365 g/mol. The molecule has 0 aliphatic rings. The van der Waals surface area contributed by atoms with Crippen LogP contribution in [0.3, 0.4) is 0 Å². The maximum absolute atomic E-state index is 12.9. The van der Waals surface area contributed by atoms with Crippen LogP contribution in [0, 0.1) is 15.9 Å². The summed E-state index contributed by atoms with van der Waals surface area (Å²) in [7, 11) is -6.04. The molecule has 0 spiro atoms. The van der Waals surface area contributed by atoms with E-state index < -0.39 is 37.8 Å². The molecule has 0 N–H and O–H groups in total. The number of nitrogens with zero attached hydrogens (tertiary/aromatic N) is 1. The summed E-state index contributed by atoms with van der Waals surface area (Å²) in [5, 5.41) is 11.0. The first-order chi connectivity index (χ1) is 11.0. The van der Waals surface area contributed by atoms with Gasteiger partial charge in [-0.2, -0.15) is 21.6 Å². The molecule has 2 rings (SSSR count). The third-order valence-electron chi connectivity index (χ3n) is 2.82. The summed E-state index contributed by atoms with van der Waals surface area (Å²) in [6.07, 6.45) is 0. The largest absolute Gasteiger partial charge is 0.534 e. The lowest BCUT2D eigenvalue weighted by atomic mass is 10.0. The lowest BCUT2D eigenvalue weighted by Gasteiger charge is -2.10. The lowest BCUT2D eigenvalue weighted by molar-refractivity contribution is -0.385. The van der Waals surface area contributed by atoms with E-state index in [-0.39, 0.29) is 5.56 Å². The van der Waals surface area contributed by atoms with Gasteiger partial charge in [0.1, 0.15) is 5.82 Å². The Morgan fingerprint density at radius 2 is 1.54 bits per heavy atom. The number of benzene rings is 2. The molecular weight excluding hydrogens is 358 g/mol. The van der Waals surface area contributed by atoms with Crippen molar-refractivity contribution in [2.75, 3.05) is 0 Å². The van der Waals surface area contributed by atoms with Gasteiger partial charge in [0.2, 0.25) is 5.75 Å². The van der Waals surface area contributed by atoms with Gasteiger partial charge in [-0.15, -0.1) is 0 Å². The molecule has 0 atom stereocenters. The average Bonchev–Trinajstić information content (AvgIpc) is 2.47. The Labute approximate surface area is 132 Å². The standard InChI is InChI=1S/C13H7F4NO5S/c14-10-4-1-8(2-5-10)9-3-6-12(11(7-9)18(19)20)23-24(21,22)13(15,16)17/h1-7H. The fourth-order valence-corrected chi connectivity index (χ4v) is 2.19. The molecule has 0 aliphatic carbocycles. The number of nitro groups is 1. The molecule has 0 amide bonds. The molecule has 0 saturated heterocycles. The highest BCUT2D eigenvalue weighted by Gasteiger charge is 2.49. The lowest BCUT2D eigenvalue weighted by Crippen LogP contribution is -2.28. The van der Waals surface area contributed by atoms with E-state index in [1.807, 2.05) is 0 Å². The Morgan fingerprint density at radius 3 is 2.04 bits per heavy atom. The van der Waals surface area contributed by atoms with E-state index in [0.717, 1.165) is 30.3 Å². The Morgan fingerprint density at radius 1 is 1.00 bits per heavy atom. The van der Waals surface area contributed by atoms with Crippen molar-refractivity contribution in [2.24, 2.45) is 0 Å². The third-order valence-corrected chi connectivity index (χ3v) is 3.78. The quantitative estimate of drug-likeness (QED) is 0.271. The van der Waals surface area contributed by atoms with Crippen LogP contribution in [-0.2, 0) is 10.1 Å². The van der Waals surface area contributed by atoms with Crippen LogP contribution in [0.2, 0.25) is 0 Å². The van der Waals surface area contributed by atoms with Gasteiger partial charge < -0.3 is 4.18 Å². The molecule has 0 fully saturated rings. The van der Waals surface area contributed by atoms with E-state index in [1.165, 1.54) is 12.1 Å². The summed E-state index contributed by atoms with van der Waals surface area (Å²) in [4.78, 5) is 9.90. The fraction of sp³-hybridized carbons (Fsp3) is 0.0769. The van der Waals surface area contributed by atoms with Crippen molar-refractivity contribution in [2.45, 2.75) is 5.51 Å². The van der Waals surface area contributed by atoms with Crippen LogP contribution in [0.25, 0.3) is 11.1 Å². The highest BCUT2D eigenvalue weighted by Crippen LogP contribution is 2.35. The first-order valence-electron chi connectivity index (χ1n) is 6.06. The minimum atomic E-state index is -6.04. The maximum atomic E-state index is 12.9. The zero-order chi connectivity index (χ0) is 18.1. The number of rotatable bonds is 4. The minimum Gasteiger partial charge on any atom is -0.369 e. The normalized spacial score (nSPS) is 12.0. The van der Waals surface area contributed by atoms with Crippen LogP contribution in [0.5, 0.6) is 5.75 Å². The summed E-state index contributed by atoms with van der Waals surface area (Å²) in [6.45, 7) is 0. The molecule has 11 heteroatoms. The predicted molar refractivity (Wildman–Crippen MR) is 74.1 cm³/mol. The molecule has 0 radical (unpaired) electrons. The molecule has 128 valence electrons. The van der Waals surface area contributed by atoms with Crippen molar-refractivity contribution in [3.63, 3.8) is 0 Å². The van der Waals surface area contributed by atoms with Crippen molar-refractivity contribution in [1.82, 2.24) is 0 Å². The second kappa shape index (κ2) is 6.07. The van der Waals surface area contributed by atoms with Crippen LogP contribution < -0.4 is 4.18 Å². The molecule has 2 aromatic rings. The van der Waals surface area contributed by atoms with Crippen molar-refractivity contribution in [1.29, 1.82) is 0 Å². The second-order valence-corrected chi connectivity index (χ2v) is 5.97. The first-order valence-corrected chi connectivity index (χ1v) is 7.47. The molecule has 6 nitrogen and oxygen atoms in total. The fourth-order valence-electron chi connectivity index (χ4n) is 1.72. The molecular formula is C13H7F4NO5S. The number of nitro benzene ring substituents is 1. The zero-order valence-electron chi connectivity index (χ0n) is 11.5. The van der Waals surface area contributed by atoms with Crippen LogP contribution in [0.4, 0.5) is 23.2 Å². The predicted octanol–water partition coefficient (Wildman–Crippen LogP) is 3.63. The van der Waals surface area contributed by atoms with Crippen LogP contribution in [-0.4, -0.2) is 18.8 Å². The van der Waals surface area contributed by atoms with E-state index in [2.05, 4.69) is 4.18 Å². The maximum Gasteiger partial charge on any atom is 0.534 e.